The molecule has 0 aliphatic carbocycles. The van der Waals surface area contributed by atoms with Gasteiger partial charge in [0.1, 0.15) is 4.88 Å². The van der Waals surface area contributed by atoms with Crippen LogP contribution >= 0.6 is 11.3 Å². The molecule has 0 saturated carbocycles. The summed E-state index contributed by atoms with van der Waals surface area (Å²) in [5.74, 6) is -1.06. The minimum absolute atomic E-state index is 0.0735. The van der Waals surface area contributed by atoms with Crippen molar-refractivity contribution >= 4 is 34.6 Å². The number of carbonyl (C=O) groups is 2. The lowest BCUT2D eigenvalue weighted by atomic mass is 10.2. The molecule has 0 aliphatic heterocycles. The largest absolute Gasteiger partial charge is 0.448 e. The average Bonchev–Trinajstić information content (AvgIpc) is 2.93. The van der Waals surface area contributed by atoms with E-state index in [9.17, 15) is 19.7 Å². The molecule has 1 N–H and O–H groups in total. The van der Waals surface area contributed by atoms with E-state index in [1.807, 2.05) is 0 Å². The minimum Gasteiger partial charge on any atom is -0.448 e. The van der Waals surface area contributed by atoms with Crippen LogP contribution in [-0.4, -0.2) is 22.9 Å². The Labute approximate surface area is 136 Å². The average molecular weight is 334 g/mol. The number of hydrogen-bond donors (Lipinski definition) is 1. The molecule has 1 atom stereocenters. The molecule has 8 heteroatoms. The van der Waals surface area contributed by atoms with Crippen LogP contribution in [0.25, 0.3) is 0 Å². The van der Waals surface area contributed by atoms with Gasteiger partial charge >= 0.3 is 5.97 Å². The maximum Gasteiger partial charge on any atom is 0.349 e. The number of amides is 1. The van der Waals surface area contributed by atoms with Crippen molar-refractivity contribution < 1.29 is 19.2 Å². The SMILES string of the molecule is Cc1ccsc1C(=O)O[C@@H](C)C(=O)Nc1ccc([N+](=O)[O-])cc1. The Bertz CT molecular complexity index is 739. The van der Waals surface area contributed by atoms with Crippen LogP contribution in [0.15, 0.2) is 35.7 Å². The number of nitrogens with one attached hydrogen (secondary N) is 1. The number of hydrogen-bond acceptors (Lipinski definition) is 6. The zero-order valence-electron chi connectivity index (χ0n) is 12.4. The first kappa shape index (κ1) is 16.6. The summed E-state index contributed by atoms with van der Waals surface area (Å²) in [6, 6.07) is 7.17. The number of nitrogens with zero attached hydrogens (tertiary/aromatic N) is 1. The van der Waals surface area contributed by atoms with E-state index < -0.39 is 22.9 Å². The summed E-state index contributed by atoms with van der Waals surface area (Å²) < 4.78 is 5.12. The number of non-ortho nitro benzene ring substituents is 1. The number of thiophene rings is 1. The molecule has 0 unspecified atom stereocenters. The molecule has 23 heavy (non-hydrogen) atoms. The Kier molecular flexibility index (Phi) is 5.07. The summed E-state index contributed by atoms with van der Waals surface area (Å²) in [5.41, 5.74) is 1.11. The Hall–Kier alpha value is -2.74. The van der Waals surface area contributed by atoms with Gasteiger partial charge in [-0.2, -0.15) is 0 Å². The molecule has 120 valence electrons. The van der Waals surface area contributed by atoms with Crippen molar-refractivity contribution in [1.29, 1.82) is 0 Å². The maximum atomic E-state index is 12.0. The Morgan fingerprint density at radius 2 is 1.91 bits per heavy atom. The number of rotatable bonds is 5. The second-order valence-corrected chi connectivity index (χ2v) is 5.69. The molecule has 0 spiro atoms. The zero-order chi connectivity index (χ0) is 17.0. The van der Waals surface area contributed by atoms with E-state index in [4.69, 9.17) is 4.74 Å². The van der Waals surface area contributed by atoms with Gasteiger partial charge in [0, 0.05) is 17.8 Å². The second kappa shape index (κ2) is 7.01. The zero-order valence-corrected chi connectivity index (χ0v) is 13.3. The van der Waals surface area contributed by atoms with E-state index in [0.29, 0.717) is 10.6 Å². The van der Waals surface area contributed by atoms with E-state index in [1.54, 1.807) is 18.4 Å². The standard InChI is InChI=1S/C15H14N2O5S/c1-9-7-8-23-13(9)15(19)22-10(2)14(18)16-11-3-5-12(6-4-11)17(20)21/h3-8,10H,1-2H3,(H,16,18)/t10-/m0/s1. The highest BCUT2D eigenvalue weighted by atomic mass is 32.1. The third-order valence-corrected chi connectivity index (χ3v) is 4.04. The molecule has 0 aliphatic rings. The van der Waals surface area contributed by atoms with Gasteiger partial charge in [-0.1, -0.05) is 0 Å². The molecule has 1 heterocycles. The van der Waals surface area contributed by atoms with Crippen LogP contribution in [0.3, 0.4) is 0 Å². The first-order valence-corrected chi connectivity index (χ1v) is 7.57. The number of nitro groups is 1. The van der Waals surface area contributed by atoms with E-state index in [2.05, 4.69) is 5.32 Å². The third kappa shape index (κ3) is 4.13. The van der Waals surface area contributed by atoms with E-state index in [1.165, 1.54) is 42.5 Å². The topological polar surface area (TPSA) is 98.5 Å². The number of anilines is 1. The minimum atomic E-state index is -0.987. The lowest BCUT2D eigenvalue weighted by Crippen LogP contribution is -2.29. The molecular formula is C15H14N2O5S. The van der Waals surface area contributed by atoms with Crippen molar-refractivity contribution in [2.24, 2.45) is 0 Å². The summed E-state index contributed by atoms with van der Waals surface area (Å²) in [4.78, 5) is 34.4. The van der Waals surface area contributed by atoms with Crippen LogP contribution in [0.4, 0.5) is 11.4 Å². The van der Waals surface area contributed by atoms with Crippen molar-refractivity contribution in [3.8, 4) is 0 Å². The summed E-state index contributed by atoms with van der Waals surface area (Å²) in [5, 5.41) is 14.9. The van der Waals surface area contributed by atoms with Gasteiger partial charge in [-0.15, -0.1) is 11.3 Å². The maximum absolute atomic E-state index is 12.0. The first-order chi connectivity index (χ1) is 10.9. The van der Waals surface area contributed by atoms with Crippen molar-refractivity contribution in [2.45, 2.75) is 20.0 Å². The van der Waals surface area contributed by atoms with Crippen molar-refractivity contribution in [3.05, 3.63) is 56.3 Å². The number of esters is 1. The smallest absolute Gasteiger partial charge is 0.349 e. The molecule has 0 saturated heterocycles. The molecule has 2 aromatic rings. The van der Waals surface area contributed by atoms with Crippen molar-refractivity contribution in [3.63, 3.8) is 0 Å². The van der Waals surface area contributed by atoms with Crippen molar-refractivity contribution in [1.82, 2.24) is 0 Å². The van der Waals surface area contributed by atoms with E-state index in [-0.39, 0.29) is 5.69 Å². The van der Waals surface area contributed by atoms with Gasteiger partial charge in [0.05, 0.1) is 4.92 Å². The third-order valence-electron chi connectivity index (χ3n) is 3.05. The predicted molar refractivity (Wildman–Crippen MR) is 85.7 cm³/mol. The fourth-order valence-corrected chi connectivity index (χ4v) is 2.57. The fraction of sp³-hybridized carbons (Fsp3) is 0.200. The molecule has 0 radical (unpaired) electrons. The Morgan fingerprint density at radius 1 is 1.26 bits per heavy atom. The highest BCUT2D eigenvalue weighted by Gasteiger charge is 2.21. The molecule has 7 nitrogen and oxygen atoms in total. The molecule has 1 aromatic heterocycles. The normalized spacial score (nSPS) is 11.6. The van der Waals surface area contributed by atoms with Gasteiger partial charge in [0.25, 0.3) is 11.6 Å². The number of carbonyl (C=O) groups excluding carboxylic acids is 2. The number of aryl methyl sites for hydroxylation is 1. The van der Waals surface area contributed by atoms with Gasteiger partial charge in [0.2, 0.25) is 0 Å². The molecule has 0 fully saturated rings. The number of nitro benzene ring substituents is 1. The first-order valence-electron chi connectivity index (χ1n) is 6.69. The highest BCUT2D eigenvalue weighted by Crippen LogP contribution is 2.18. The summed E-state index contributed by atoms with van der Waals surface area (Å²) in [6.07, 6.45) is -0.987. The Balaban J connectivity index is 1.96. The molecule has 2 rings (SSSR count). The number of ether oxygens (including phenoxy) is 1. The van der Waals surface area contributed by atoms with Gasteiger partial charge in [-0.3, -0.25) is 14.9 Å². The molecule has 1 aromatic carbocycles. The van der Waals surface area contributed by atoms with Crippen LogP contribution in [0.2, 0.25) is 0 Å². The van der Waals surface area contributed by atoms with Gasteiger partial charge < -0.3 is 10.1 Å². The molecule has 0 bridgehead atoms. The Morgan fingerprint density at radius 3 is 2.43 bits per heavy atom. The summed E-state index contributed by atoms with van der Waals surface area (Å²) in [6.45, 7) is 3.25. The summed E-state index contributed by atoms with van der Waals surface area (Å²) in [7, 11) is 0. The van der Waals surface area contributed by atoms with E-state index >= 15 is 0 Å². The predicted octanol–water partition coefficient (Wildman–Crippen LogP) is 3.15. The highest BCUT2D eigenvalue weighted by molar-refractivity contribution is 7.12. The van der Waals surface area contributed by atoms with Crippen molar-refractivity contribution in [2.75, 3.05) is 5.32 Å². The number of benzene rings is 1. The second-order valence-electron chi connectivity index (χ2n) is 4.77. The van der Waals surface area contributed by atoms with E-state index in [0.717, 1.165) is 5.56 Å². The van der Waals surface area contributed by atoms with Gasteiger partial charge in [-0.05, 0) is 43.0 Å². The molecular weight excluding hydrogens is 320 g/mol. The van der Waals surface area contributed by atoms with Gasteiger partial charge in [0.15, 0.2) is 6.10 Å². The monoisotopic (exact) mass is 334 g/mol. The van der Waals surface area contributed by atoms with Crippen LogP contribution in [0.1, 0.15) is 22.2 Å². The van der Waals surface area contributed by atoms with Crippen LogP contribution in [0.5, 0.6) is 0 Å². The van der Waals surface area contributed by atoms with Crippen LogP contribution in [-0.2, 0) is 9.53 Å². The molecule has 1 amide bonds. The fourth-order valence-electron chi connectivity index (χ4n) is 1.76. The lowest BCUT2D eigenvalue weighted by Gasteiger charge is -2.13. The summed E-state index contributed by atoms with van der Waals surface area (Å²) >= 11 is 1.25. The van der Waals surface area contributed by atoms with Crippen LogP contribution < -0.4 is 5.32 Å². The van der Waals surface area contributed by atoms with Gasteiger partial charge in [-0.25, -0.2) is 4.79 Å². The van der Waals surface area contributed by atoms with Crippen LogP contribution in [0, 0.1) is 17.0 Å². The lowest BCUT2D eigenvalue weighted by molar-refractivity contribution is -0.384. The quantitative estimate of drug-likeness (QED) is 0.514.